The lowest BCUT2D eigenvalue weighted by Crippen LogP contribution is -2.21. The van der Waals surface area contributed by atoms with Gasteiger partial charge in [0, 0.05) is 11.1 Å². The highest BCUT2D eigenvalue weighted by Gasteiger charge is 2.42. The Hall–Kier alpha value is -0.960. The summed E-state index contributed by atoms with van der Waals surface area (Å²) in [5.74, 6) is -1.55. The van der Waals surface area contributed by atoms with Crippen LogP contribution in [0.15, 0.2) is 12.1 Å². The molecule has 1 aliphatic carbocycles. The topological polar surface area (TPSA) is 26.0 Å². The van der Waals surface area contributed by atoms with E-state index in [0.29, 0.717) is 11.1 Å². The molecule has 2 N–H and O–H groups in total. The molecular formula is C10H11F2N. The van der Waals surface area contributed by atoms with Crippen LogP contribution in [0, 0.1) is 18.6 Å². The Morgan fingerprint density at radius 3 is 2.38 bits per heavy atom. The second-order valence-corrected chi connectivity index (χ2v) is 3.71. The van der Waals surface area contributed by atoms with Gasteiger partial charge in [-0.1, -0.05) is 12.1 Å². The van der Waals surface area contributed by atoms with Crippen molar-refractivity contribution in [2.45, 2.75) is 25.3 Å². The molecule has 0 bridgehead atoms. The maximum Gasteiger partial charge on any atom is 0.164 e. The van der Waals surface area contributed by atoms with Crippen LogP contribution in [0.2, 0.25) is 0 Å². The van der Waals surface area contributed by atoms with Crippen molar-refractivity contribution >= 4 is 0 Å². The van der Waals surface area contributed by atoms with E-state index in [1.54, 1.807) is 12.1 Å². The third-order valence-electron chi connectivity index (χ3n) is 2.60. The molecule has 0 unspecified atom stereocenters. The highest BCUT2D eigenvalue weighted by molar-refractivity contribution is 5.34. The Balaban J connectivity index is 2.54. The minimum Gasteiger partial charge on any atom is -0.321 e. The molecule has 0 spiro atoms. The molecule has 1 aromatic rings. The van der Waals surface area contributed by atoms with Crippen LogP contribution in [-0.4, -0.2) is 0 Å². The first-order valence-electron chi connectivity index (χ1n) is 4.28. The normalized spacial score (nSPS) is 18.8. The molecule has 13 heavy (non-hydrogen) atoms. The highest BCUT2D eigenvalue weighted by Crippen LogP contribution is 2.44. The van der Waals surface area contributed by atoms with Crippen molar-refractivity contribution in [1.29, 1.82) is 0 Å². The van der Waals surface area contributed by atoms with Crippen molar-refractivity contribution in [2.75, 3.05) is 0 Å². The number of rotatable bonds is 1. The smallest absolute Gasteiger partial charge is 0.164 e. The molecule has 0 saturated heterocycles. The molecule has 0 heterocycles. The summed E-state index contributed by atoms with van der Waals surface area (Å²) < 4.78 is 26.5. The summed E-state index contributed by atoms with van der Waals surface area (Å²) in [6.45, 7) is 1.54. The van der Waals surface area contributed by atoms with E-state index in [9.17, 15) is 8.78 Å². The monoisotopic (exact) mass is 183 g/mol. The molecule has 2 rings (SSSR count). The van der Waals surface area contributed by atoms with Crippen LogP contribution in [-0.2, 0) is 5.54 Å². The summed E-state index contributed by atoms with van der Waals surface area (Å²) >= 11 is 0. The van der Waals surface area contributed by atoms with Gasteiger partial charge in [-0.25, -0.2) is 8.78 Å². The molecule has 70 valence electrons. The fourth-order valence-electron chi connectivity index (χ4n) is 1.43. The standard InChI is InChI=1S/C10H11F2N/c1-6-2-3-7(9(12)8(6)11)10(13)4-5-10/h2-3H,4-5,13H2,1H3. The lowest BCUT2D eigenvalue weighted by atomic mass is 10.0. The van der Waals surface area contributed by atoms with E-state index in [4.69, 9.17) is 5.73 Å². The second-order valence-electron chi connectivity index (χ2n) is 3.71. The molecule has 1 aromatic carbocycles. The first-order valence-corrected chi connectivity index (χ1v) is 4.28. The fourth-order valence-corrected chi connectivity index (χ4v) is 1.43. The minimum absolute atomic E-state index is 0.315. The van der Waals surface area contributed by atoms with Crippen molar-refractivity contribution in [3.63, 3.8) is 0 Å². The maximum absolute atomic E-state index is 13.3. The van der Waals surface area contributed by atoms with Crippen molar-refractivity contribution in [3.05, 3.63) is 34.9 Å². The van der Waals surface area contributed by atoms with Crippen LogP contribution in [0.25, 0.3) is 0 Å². The van der Waals surface area contributed by atoms with Crippen molar-refractivity contribution in [2.24, 2.45) is 5.73 Å². The molecule has 0 aromatic heterocycles. The maximum atomic E-state index is 13.3. The van der Waals surface area contributed by atoms with E-state index in [1.807, 2.05) is 0 Å². The van der Waals surface area contributed by atoms with E-state index in [1.165, 1.54) is 6.92 Å². The van der Waals surface area contributed by atoms with Crippen molar-refractivity contribution < 1.29 is 8.78 Å². The first-order chi connectivity index (χ1) is 6.04. The zero-order valence-corrected chi connectivity index (χ0v) is 7.40. The van der Waals surface area contributed by atoms with Crippen LogP contribution >= 0.6 is 0 Å². The Morgan fingerprint density at radius 1 is 1.23 bits per heavy atom. The third-order valence-corrected chi connectivity index (χ3v) is 2.60. The van der Waals surface area contributed by atoms with Gasteiger partial charge in [-0.15, -0.1) is 0 Å². The molecule has 0 atom stereocenters. The van der Waals surface area contributed by atoms with Crippen molar-refractivity contribution in [1.82, 2.24) is 0 Å². The van der Waals surface area contributed by atoms with Gasteiger partial charge in [-0.05, 0) is 25.3 Å². The van der Waals surface area contributed by atoms with E-state index in [-0.39, 0.29) is 0 Å². The fraction of sp³-hybridized carbons (Fsp3) is 0.400. The number of hydrogen-bond acceptors (Lipinski definition) is 1. The molecule has 1 saturated carbocycles. The van der Waals surface area contributed by atoms with Crippen LogP contribution in [0.5, 0.6) is 0 Å². The van der Waals surface area contributed by atoms with E-state index >= 15 is 0 Å². The van der Waals surface area contributed by atoms with E-state index in [0.717, 1.165) is 12.8 Å². The summed E-state index contributed by atoms with van der Waals surface area (Å²) in [7, 11) is 0. The molecule has 1 aliphatic rings. The lowest BCUT2D eigenvalue weighted by Gasteiger charge is -2.11. The molecule has 0 aliphatic heterocycles. The summed E-state index contributed by atoms with van der Waals surface area (Å²) in [6.07, 6.45) is 1.48. The molecule has 3 heteroatoms. The largest absolute Gasteiger partial charge is 0.321 e. The Kier molecular flexibility index (Phi) is 1.67. The van der Waals surface area contributed by atoms with Gasteiger partial charge in [0.2, 0.25) is 0 Å². The number of hydrogen-bond donors (Lipinski definition) is 1. The SMILES string of the molecule is Cc1ccc(C2(N)CC2)c(F)c1F. The van der Waals surface area contributed by atoms with Gasteiger partial charge < -0.3 is 5.73 Å². The zero-order chi connectivity index (χ0) is 9.64. The molecule has 1 fully saturated rings. The predicted octanol–water partition coefficient (Wildman–Crippen LogP) is 2.22. The van der Waals surface area contributed by atoms with Gasteiger partial charge in [0.15, 0.2) is 11.6 Å². The molecule has 0 radical (unpaired) electrons. The number of aryl methyl sites for hydroxylation is 1. The van der Waals surface area contributed by atoms with Gasteiger partial charge in [0.1, 0.15) is 0 Å². The Morgan fingerprint density at radius 2 is 1.85 bits per heavy atom. The third kappa shape index (κ3) is 1.23. The second kappa shape index (κ2) is 2.51. The minimum atomic E-state index is -0.778. The van der Waals surface area contributed by atoms with Crippen LogP contribution in [0.1, 0.15) is 24.0 Å². The highest BCUT2D eigenvalue weighted by atomic mass is 19.2. The molecular weight excluding hydrogens is 172 g/mol. The average Bonchev–Trinajstić information content (AvgIpc) is 2.80. The number of benzene rings is 1. The van der Waals surface area contributed by atoms with Gasteiger partial charge in [0.05, 0.1) is 0 Å². The predicted molar refractivity (Wildman–Crippen MR) is 46.2 cm³/mol. The number of halogens is 2. The Bertz CT molecular complexity index is 356. The van der Waals surface area contributed by atoms with Crippen molar-refractivity contribution in [3.8, 4) is 0 Å². The summed E-state index contributed by atoms with van der Waals surface area (Å²) in [6, 6.07) is 3.15. The van der Waals surface area contributed by atoms with Gasteiger partial charge in [-0.2, -0.15) is 0 Å². The van der Waals surface area contributed by atoms with Crippen LogP contribution in [0.4, 0.5) is 8.78 Å². The first kappa shape index (κ1) is 8.63. The van der Waals surface area contributed by atoms with Gasteiger partial charge in [0.25, 0.3) is 0 Å². The number of nitrogens with two attached hydrogens (primary N) is 1. The molecule has 1 nitrogen and oxygen atoms in total. The summed E-state index contributed by atoms with van der Waals surface area (Å²) in [4.78, 5) is 0. The summed E-state index contributed by atoms with van der Waals surface area (Å²) in [5, 5.41) is 0. The lowest BCUT2D eigenvalue weighted by molar-refractivity contribution is 0.481. The molecule has 0 amide bonds. The zero-order valence-electron chi connectivity index (χ0n) is 7.40. The average molecular weight is 183 g/mol. The van der Waals surface area contributed by atoms with Gasteiger partial charge in [-0.3, -0.25) is 0 Å². The van der Waals surface area contributed by atoms with E-state index in [2.05, 4.69) is 0 Å². The summed E-state index contributed by atoms with van der Waals surface area (Å²) in [5.41, 5.74) is 5.82. The quantitative estimate of drug-likeness (QED) is 0.709. The van der Waals surface area contributed by atoms with Crippen LogP contribution in [0.3, 0.4) is 0 Å². The van der Waals surface area contributed by atoms with E-state index < -0.39 is 17.2 Å². The Labute approximate surface area is 75.6 Å². The van der Waals surface area contributed by atoms with Crippen LogP contribution < -0.4 is 5.73 Å². The van der Waals surface area contributed by atoms with Gasteiger partial charge >= 0.3 is 0 Å².